The second-order valence-corrected chi connectivity index (χ2v) is 4.99. The number of nitrogens with zero attached hydrogens (tertiary/aromatic N) is 3. The molecule has 13 heavy (non-hydrogen) atoms. The number of anilines is 1. The molecule has 0 unspecified atom stereocenters. The number of hydrogen-bond donors (Lipinski definition) is 1. The predicted molar refractivity (Wildman–Crippen MR) is 58.9 cm³/mol. The summed E-state index contributed by atoms with van der Waals surface area (Å²) in [7, 11) is 5.90. The van der Waals surface area contributed by atoms with E-state index in [1.165, 1.54) is 0 Å². The Labute approximate surface area is 86.7 Å². The van der Waals surface area contributed by atoms with Crippen LogP contribution < -0.4 is 10.2 Å². The van der Waals surface area contributed by atoms with Crippen LogP contribution in [0.4, 0.5) is 5.13 Å². The van der Waals surface area contributed by atoms with Crippen LogP contribution in [0.5, 0.6) is 0 Å². The van der Waals surface area contributed by atoms with E-state index < -0.39 is 0 Å². The van der Waals surface area contributed by atoms with Crippen molar-refractivity contribution >= 4 is 28.2 Å². The minimum absolute atomic E-state index is 0.965. The second kappa shape index (κ2) is 5.41. The average molecular weight is 218 g/mol. The van der Waals surface area contributed by atoms with Gasteiger partial charge in [0.05, 0.1) is 0 Å². The minimum atomic E-state index is 0.965. The van der Waals surface area contributed by atoms with E-state index in [0.717, 1.165) is 21.8 Å². The fourth-order valence-corrected chi connectivity index (χ4v) is 2.47. The van der Waals surface area contributed by atoms with Crippen molar-refractivity contribution in [3.8, 4) is 0 Å². The molecule has 0 saturated carbocycles. The molecule has 1 rings (SSSR count). The molecule has 0 aliphatic heterocycles. The monoisotopic (exact) mass is 218 g/mol. The van der Waals surface area contributed by atoms with Crippen LogP contribution >= 0.6 is 23.1 Å². The molecule has 0 bridgehead atoms. The van der Waals surface area contributed by atoms with Crippen LogP contribution in [0.1, 0.15) is 0 Å². The molecule has 4 nitrogen and oxygen atoms in total. The standard InChI is InChI=1S/C7H14N4S2/c1-8-4-5-12-7-10-9-6(13-7)11(2)3/h8H,4-5H2,1-3H3. The Bertz CT molecular complexity index is 248. The molecule has 1 N–H and O–H groups in total. The van der Waals surface area contributed by atoms with Crippen LogP contribution in [0.15, 0.2) is 4.34 Å². The van der Waals surface area contributed by atoms with Gasteiger partial charge in [0.2, 0.25) is 5.13 Å². The summed E-state index contributed by atoms with van der Waals surface area (Å²) < 4.78 is 1.04. The first kappa shape index (κ1) is 10.7. The van der Waals surface area contributed by atoms with Gasteiger partial charge in [0, 0.05) is 26.4 Å². The van der Waals surface area contributed by atoms with Crippen LogP contribution in [0.2, 0.25) is 0 Å². The van der Waals surface area contributed by atoms with Gasteiger partial charge in [-0.15, -0.1) is 10.2 Å². The van der Waals surface area contributed by atoms with Gasteiger partial charge >= 0.3 is 0 Å². The molecule has 1 aromatic rings. The van der Waals surface area contributed by atoms with E-state index in [1.807, 2.05) is 26.0 Å². The second-order valence-electron chi connectivity index (χ2n) is 2.70. The Morgan fingerprint density at radius 2 is 2.23 bits per heavy atom. The lowest BCUT2D eigenvalue weighted by Gasteiger charge is -2.03. The zero-order valence-corrected chi connectivity index (χ0v) is 9.71. The van der Waals surface area contributed by atoms with E-state index in [1.54, 1.807) is 23.1 Å². The summed E-state index contributed by atoms with van der Waals surface area (Å²) >= 11 is 3.37. The van der Waals surface area contributed by atoms with Crippen molar-refractivity contribution in [2.45, 2.75) is 4.34 Å². The van der Waals surface area contributed by atoms with E-state index >= 15 is 0 Å². The van der Waals surface area contributed by atoms with Crippen LogP contribution in [0.3, 0.4) is 0 Å². The summed E-state index contributed by atoms with van der Waals surface area (Å²) in [5.74, 6) is 1.04. The first-order valence-electron chi connectivity index (χ1n) is 4.02. The molecule has 0 atom stereocenters. The molecule has 0 saturated heterocycles. The zero-order chi connectivity index (χ0) is 9.68. The first-order valence-corrected chi connectivity index (χ1v) is 5.82. The minimum Gasteiger partial charge on any atom is -0.353 e. The Kier molecular flexibility index (Phi) is 4.47. The third-order valence-electron chi connectivity index (χ3n) is 1.36. The highest BCUT2D eigenvalue weighted by molar-refractivity contribution is 8.01. The molecule has 0 aliphatic rings. The van der Waals surface area contributed by atoms with Gasteiger partial charge in [-0.05, 0) is 7.05 Å². The number of nitrogens with one attached hydrogen (secondary N) is 1. The highest BCUT2D eigenvalue weighted by Crippen LogP contribution is 2.26. The fraction of sp³-hybridized carbons (Fsp3) is 0.714. The van der Waals surface area contributed by atoms with Gasteiger partial charge in [-0.1, -0.05) is 23.1 Å². The van der Waals surface area contributed by atoms with Crippen LogP contribution in [-0.4, -0.2) is 43.6 Å². The van der Waals surface area contributed by atoms with Crippen molar-refractivity contribution in [3.05, 3.63) is 0 Å². The van der Waals surface area contributed by atoms with Crippen molar-refractivity contribution in [2.75, 3.05) is 38.3 Å². The maximum absolute atomic E-state index is 4.07. The smallest absolute Gasteiger partial charge is 0.208 e. The quantitative estimate of drug-likeness (QED) is 0.588. The fourth-order valence-electron chi connectivity index (χ4n) is 0.682. The van der Waals surface area contributed by atoms with Crippen molar-refractivity contribution < 1.29 is 0 Å². The van der Waals surface area contributed by atoms with Gasteiger partial charge in [0.1, 0.15) is 0 Å². The van der Waals surface area contributed by atoms with Gasteiger partial charge < -0.3 is 10.2 Å². The highest BCUT2D eigenvalue weighted by Gasteiger charge is 2.04. The lowest BCUT2D eigenvalue weighted by molar-refractivity contribution is 0.870. The zero-order valence-electron chi connectivity index (χ0n) is 8.07. The predicted octanol–water partition coefficient (Wildman–Crippen LogP) is 0.916. The summed E-state index contributed by atoms with van der Waals surface area (Å²) in [6.07, 6.45) is 0. The Hall–Kier alpha value is -0.330. The van der Waals surface area contributed by atoms with Crippen LogP contribution in [-0.2, 0) is 0 Å². The topological polar surface area (TPSA) is 41.1 Å². The van der Waals surface area contributed by atoms with E-state index in [2.05, 4.69) is 15.5 Å². The molecule has 1 aromatic heterocycles. The van der Waals surface area contributed by atoms with E-state index in [0.29, 0.717) is 0 Å². The maximum atomic E-state index is 4.07. The van der Waals surface area contributed by atoms with Gasteiger partial charge in [-0.2, -0.15) is 0 Å². The number of rotatable bonds is 5. The lowest BCUT2D eigenvalue weighted by Crippen LogP contribution is -2.09. The van der Waals surface area contributed by atoms with Gasteiger partial charge in [-0.3, -0.25) is 0 Å². The van der Waals surface area contributed by atoms with Crippen molar-refractivity contribution in [3.63, 3.8) is 0 Å². The third-order valence-corrected chi connectivity index (χ3v) is 3.58. The normalized spacial score (nSPS) is 10.4. The van der Waals surface area contributed by atoms with E-state index in [-0.39, 0.29) is 0 Å². The SMILES string of the molecule is CNCCSc1nnc(N(C)C)s1. The Morgan fingerprint density at radius 1 is 1.46 bits per heavy atom. The summed E-state index contributed by atoms with van der Waals surface area (Å²) in [6.45, 7) is 1.00. The molecule has 74 valence electrons. The largest absolute Gasteiger partial charge is 0.353 e. The lowest BCUT2D eigenvalue weighted by atomic mass is 10.8. The Balaban J connectivity index is 2.40. The van der Waals surface area contributed by atoms with Crippen molar-refractivity contribution in [1.29, 1.82) is 0 Å². The van der Waals surface area contributed by atoms with Gasteiger partial charge in [0.25, 0.3) is 0 Å². The van der Waals surface area contributed by atoms with Crippen molar-refractivity contribution in [2.24, 2.45) is 0 Å². The number of aromatic nitrogens is 2. The molecule has 0 fully saturated rings. The molecule has 0 amide bonds. The molecule has 0 aliphatic carbocycles. The van der Waals surface area contributed by atoms with Gasteiger partial charge in [0.15, 0.2) is 4.34 Å². The molecular weight excluding hydrogens is 204 g/mol. The molecule has 6 heteroatoms. The third kappa shape index (κ3) is 3.50. The Morgan fingerprint density at radius 3 is 2.77 bits per heavy atom. The maximum Gasteiger partial charge on any atom is 0.208 e. The van der Waals surface area contributed by atoms with E-state index in [4.69, 9.17) is 0 Å². The van der Waals surface area contributed by atoms with Crippen LogP contribution in [0.25, 0.3) is 0 Å². The summed E-state index contributed by atoms with van der Waals surface area (Å²) in [6, 6.07) is 0. The summed E-state index contributed by atoms with van der Waals surface area (Å²) in [4.78, 5) is 1.97. The van der Waals surface area contributed by atoms with E-state index in [9.17, 15) is 0 Å². The summed E-state index contributed by atoms with van der Waals surface area (Å²) in [5, 5.41) is 12.2. The first-order chi connectivity index (χ1) is 6.24. The number of thioether (sulfide) groups is 1. The molecule has 0 radical (unpaired) electrons. The van der Waals surface area contributed by atoms with Crippen LogP contribution in [0, 0.1) is 0 Å². The molecule has 0 spiro atoms. The molecular formula is C7H14N4S2. The van der Waals surface area contributed by atoms with Gasteiger partial charge in [-0.25, -0.2) is 0 Å². The molecule has 0 aromatic carbocycles. The van der Waals surface area contributed by atoms with Crippen molar-refractivity contribution in [1.82, 2.24) is 15.5 Å². The highest BCUT2D eigenvalue weighted by atomic mass is 32.2. The average Bonchev–Trinajstić information content (AvgIpc) is 2.53. The summed E-state index contributed by atoms with van der Waals surface area (Å²) in [5.41, 5.74) is 0. The number of hydrogen-bond acceptors (Lipinski definition) is 6. The molecule has 1 heterocycles.